The molecule has 1 amide bonds. The minimum atomic E-state index is -3.81. The highest BCUT2D eigenvalue weighted by Crippen LogP contribution is 2.16. The molecular weight excluding hydrogens is 352 g/mol. The Labute approximate surface area is 146 Å². The number of hydrogen-bond donors (Lipinski definition) is 2. The number of amides is 1. The minimum Gasteiger partial charge on any atom is -0.438 e. The second kappa shape index (κ2) is 6.96. The van der Waals surface area contributed by atoms with Gasteiger partial charge in [-0.1, -0.05) is 23.7 Å². The second-order valence-corrected chi connectivity index (χ2v) is 8.33. The molecular formula is C16H19ClN2O4S. The molecule has 2 aromatic rings. The molecule has 0 unspecified atom stereocenters. The first kappa shape index (κ1) is 18.5. The third kappa shape index (κ3) is 5.09. The zero-order valence-corrected chi connectivity index (χ0v) is 15.2. The largest absolute Gasteiger partial charge is 0.438 e. The van der Waals surface area contributed by atoms with Crippen molar-refractivity contribution in [3.8, 4) is 0 Å². The zero-order valence-electron chi connectivity index (χ0n) is 13.6. The molecule has 0 aliphatic rings. The predicted octanol–water partition coefficient (Wildman–Crippen LogP) is 2.94. The van der Waals surface area contributed by atoms with Gasteiger partial charge in [-0.05, 0) is 50.6 Å². The highest BCUT2D eigenvalue weighted by molar-refractivity contribution is 7.89. The van der Waals surface area contributed by atoms with Crippen molar-refractivity contribution in [3.63, 3.8) is 0 Å². The molecule has 0 atom stereocenters. The molecule has 0 aliphatic heterocycles. The summed E-state index contributed by atoms with van der Waals surface area (Å²) in [6, 6.07) is 9.60. The maximum absolute atomic E-state index is 12.1. The van der Waals surface area contributed by atoms with Crippen LogP contribution in [0.4, 0.5) is 0 Å². The highest BCUT2D eigenvalue weighted by Gasteiger charge is 2.26. The number of carbonyl (C=O) groups is 1. The Morgan fingerprint density at radius 1 is 1.12 bits per heavy atom. The van der Waals surface area contributed by atoms with E-state index >= 15 is 0 Å². The molecule has 6 nitrogen and oxygen atoms in total. The normalized spacial score (nSPS) is 12.2. The van der Waals surface area contributed by atoms with Crippen molar-refractivity contribution in [2.24, 2.45) is 0 Å². The van der Waals surface area contributed by atoms with Gasteiger partial charge in [0, 0.05) is 17.1 Å². The second-order valence-electron chi connectivity index (χ2n) is 6.28. The van der Waals surface area contributed by atoms with E-state index in [4.69, 9.17) is 16.0 Å². The molecule has 0 saturated carbocycles. The van der Waals surface area contributed by atoms with Crippen molar-refractivity contribution >= 4 is 27.5 Å². The van der Waals surface area contributed by atoms with E-state index in [2.05, 4.69) is 10.0 Å². The van der Waals surface area contributed by atoms with Gasteiger partial charge in [-0.15, -0.1) is 0 Å². The van der Waals surface area contributed by atoms with Crippen LogP contribution in [-0.4, -0.2) is 19.9 Å². The number of halogens is 1. The Bertz CT molecular complexity index is 821. The number of rotatable bonds is 5. The summed E-state index contributed by atoms with van der Waals surface area (Å²) in [7, 11) is -3.81. The summed E-state index contributed by atoms with van der Waals surface area (Å²) < 4.78 is 31.9. The van der Waals surface area contributed by atoms with Gasteiger partial charge in [-0.3, -0.25) is 4.79 Å². The molecule has 1 aromatic heterocycles. The Hall–Kier alpha value is -1.83. The molecule has 0 radical (unpaired) electrons. The van der Waals surface area contributed by atoms with E-state index in [0.29, 0.717) is 5.02 Å². The van der Waals surface area contributed by atoms with Gasteiger partial charge in [0.05, 0.1) is 0 Å². The molecule has 0 spiro atoms. The van der Waals surface area contributed by atoms with Gasteiger partial charge in [0.25, 0.3) is 15.9 Å². The van der Waals surface area contributed by atoms with Gasteiger partial charge in [-0.25, -0.2) is 13.1 Å². The van der Waals surface area contributed by atoms with Gasteiger partial charge in [-0.2, -0.15) is 0 Å². The van der Waals surface area contributed by atoms with Crippen molar-refractivity contribution in [2.75, 3.05) is 0 Å². The topological polar surface area (TPSA) is 88.4 Å². The van der Waals surface area contributed by atoms with Gasteiger partial charge >= 0.3 is 0 Å². The number of nitrogens with one attached hydrogen (secondary N) is 2. The summed E-state index contributed by atoms with van der Waals surface area (Å²) >= 11 is 5.80. The van der Waals surface area contributed by atoms with E-state index in [1.807, 2.05) is 0 Å². The Morgan fingerprint density at radius 2 is 1.75 bits per heavy atom. The molecule has 0 saturated heterocycles. The number of sulfonamides is 1. The molecule has 24 heavy (non-hydrogen) atoms. The predicted molar refractivity (Wildman–Crippen MR) is 91.4 cm³/mol. The number of hydrogen-bond acceptors (Lipinski definition) is 4. The number of furan rings is 1. The lowest BCUT2D eigenvalue weighted by molar-refractivity contribution is 0.0918. The Kier molecular flexibility index (Phi) is 5.37. The van der Waals surface area contributed by atoms with Crippen LogP contribution in [0, 0.1) is 0 Å². The van der Waals surface area contributed by atoms with Gasteiger partial charge < -0.3 is 9.73 Å². The number of carbonyl (C=O) groups excluding carboxylic acids is 1. The van der Waals surface area contributed by atoms with E-state index in [1.54, 1.807) is 45.0 Å². The lowest BCUT2D eigenvalue weighted by Gasteiger charge is -2.18. The van der Waals surface area contributed by atoms with Crippen molar-refractivity contribution in [2.45, 2.75) is 37.9 Å². The Balaban J connectivity index is 2.04. The molecule has 130 valence electrons. The first-order valence-electron chi connectivity index (χ1n) is 7.23. The lowest BCUT2D eigenvalue weighted by atomic mass is 10.1. The summed E-state index contributed by atoms with van der Waals surface area (Å²) in [6.07, 6.45) is 0. The quantitative estimate of drug-likeness (QED) is 0.846. The molecule has 0 bridgehead atoms. The zero-order chi connectivity index (χ0) is 18.0. The first-order valence-corrected chi connectivity index (χ1v) is 9.09. The van der Waals surface area contributed by atoms with Gasteiger partial charge in [0.15, 0.2) is 5.76 Å². The smallest absolute Gasteiger partial charge is 0.287 e. The van der Waals surface area contributed by atoms with E-state index in [0.717, 1.165) is 5.56 Å². The summed E-state index contributed by atoms with van der Waals surface area (Å²) in [6.45, 7) is 5.42. The van der Waals surface area contributed by atoms with Crippen LogP contribution < -0.4 is 10.0 Å². The maximum Gasteiger partial charge on any atom is 0.287 e. The number of benzene rings is 1. The molecule has 2 N–H and O–H groups in total. The van der Waals surface area contributed by atoms with Crippen LogP contribution in [0.2, 0.25) is 5.02 Å². The SMILES string of the molecule is CC(C)(C)NS(=O)(=O)c1ccc(C(=O)NCc2ccc(Cl)cc2)o1. The molecule has 1 heterocycles. The van der Waals surface area contributed by atoms with Crippen molar-refractivity contribution in [1.29, 1.82) is 0 Å². The maximum atomic E-state index is 12.1. The third-order valence-electron chi connectivity index (χ3n) is 2.88. The van der Waals surface area contributed by atoms with Crippen molar-refractivity contribution in [1.82, 2.24) is 10.0 Å². The molecule has 0 fully saturated rings. The highest BCUT2D eigenvalue weighted by atomic mass is 35.5. The summed E-state index contributed by atoms with van der Waals surface area (Å²) in [5, 5.41) is 2.97. The van der Waals surface area contributed by atoms with E-state index in [-0.39, 0.29) is 17.4 Å². The molecule has 1 aromatic carbocycles. The fourth-order valence-corrected chi connectivity index (χ4v) is 3.39. The molecule has 2 rings (SSSR count). The summed E-state index contributed by atoms with van der Waals surface area (Å²) in [5.74, 6) is -0.569. The van der Waals surface area contributed by atoms with Crippen molar-refractivity contribution < 1.29 is 17.6 Å². The van der Waals surface area contributed by atoms with E-state index in [1.165, 1.54) is 12.1 Å². The lowest BCUT2D eigenvalue weighted by Crippen LogP contribution is -2.40. The molecule has 8 heteroatoms. The van der Waals surface area contributed by atoms with Crippen LogP contribution in [0.15, 0.2) is 45.9 Å². The van der Waals surface area contributed by atoms with Crippen LogP contribution in [0.3, 0.4) is 0 Å². The van der Waals surface area contributed by atoms with Crippen LogP contribution in [0.1, 0.15) is 36.9 Å². The Morgan fingerprint density at radius 3 is 2.33 bits per heavy atom. The van der Waals surface area contributed by atoms with Crippen LogP contribution >= 0.6 is 11.6 Å². The summed E-state index contributed by atoms with van der Waals surface area (Å²) in [5.41, 5.74) is 0.212. The summed E-state index contributed by atoms with van der Waals surface area (Å²) in [4.78, 5) is 12.1. The van der Waals surface area contributed by atoms with Gasteiger partial charge in [0.1, 0.15) is 0 Å². The van der Waals surface area contributed by atoms with Crippen LogP contribution in [0.5, 0.6) is 0 Å². The average molecular weight is 371 g/mol. The van der Waals surface area contributed by atoms with Crippen molar-refractivity contribution in [3.05, 3.63) is 52.7 Å². The fourth-order valence-electron chi connectivity index (χ4n) is 1.91. The van der Waals surface area contributed by atoms with E-state index < -0.39 is 21.5 Å². The average Bonchev–Trinajstić information content (AvgIpc) is 2.94. The fraction of sp³-hybridized carbons (Fsp3) is 0.312. The minimum absolute atomic E-state index is 0.0711. The molecule has 0 aliphatic carbocycles. The van der Waals surface area contributed by atoms with Crippen LogP contribution in [-0.2, 0) is 16.6 Å². The van der Waals surface area contributed by atoms with Gasteiger partial charge in [0.2, 0.25) is 5.09 Å². The van der Waals surface area contributed by atoms with E-state index in [9.17, 15) is 13.2 Å². The standard InChI is InChI=1S/C16H19ClN2O4S/c1-16(2,3)19-24(21,22)14-9-8-13(23-14)15(20)18-10-11-4-6-12(17)7-5-11/h4-9,19H,10H2,1-3H3,(H,18,20). The monoisotopic (exact) mass is 370 g/mol. The van der Waals surface area contributed by atoms with Crippen LogP contribution in [0.25, 0.3) is 0 Å². The third-order valence-corrected chi connectivity index (χ3v) is 4.76. The first-order chi connectivity index (χ1) is 11.1.